The Morgan fingerprint density at radius 2 is 1.92 bits per heavy atom. The number of aliphatic imine (C=N–C) groups is 1. The summed E-state index contributed by atoms with van der Waals surface area (Å²) < 4.78 is 76.4. The van der Waals surface area contributed by atoms with E-state index in [0.29, 0.717) is 10.9 Å². The van der Waals surface area contributed by atoms with Gasteiger partial charge in [-0.3, -0.25) is 4.68 Å². The molecule has 0 spiro atoms. The van der Waals surface area contributed by atoms with Crippen molar-refractivity contribution in [3.05, 3.63) is 23.7 Å². The number of anilines is 1. The Balaban J connectivity index is 2.18. The molecule has 1 aliphatic heterocycles. The van der Waals surface area contributed by atoms with Gasteiger partial charge in [0.05, 0.1) is 23.2 Å². The largest absolute Gasteiger partial charge is 0.417 e. The third-order valence-electron chi connectivity index (χ3n) is 3.23. The molecule has 134 valence electrons. The number of rotatable bonds is 2. The first-order valence-corrected chi connectivity index (χ1v) is 6.59. The standard InChI is InChI=1S/C12H14F6N6/c1-6-7(3-21-24(6)5-11(13,14)15)22-9-20-4-8(12(16,17)18)10(2,19)23-9/h3-4H,5,19H2,1-2H3,(H2,20,22,23). The SMILES string of the molecule is Cc1c(NC2=NC(C)(N)C(C(F)(F)F)=CN2)cnn1CC(F)(F)F. The van der Waals surface area contributed by atoms with E-state index in [1.807, 2.05) is 0 Å². The summed E-state index contributed by atoms with van der Waals surface area (Å²) in [6.45, 7) is 1.16. The van der Waals surface area contributed by atoms with Gasteiger partial charge in [0.25, 0.3) is 0 Å². The lowest BCUT2D eigenvalue weighted by molar-refractivity contribution is -0.142. The summed E-state index contributed by atoms with van der Waals surface area (Å²) in [5, 5.41) is 8.44. The van der Waals surface area contributed by atoms with Crippen molar-refractivity contribution in [1.82, 2.24) is 15.1 Å². The molecular weight excluding hydrogens is 342 g/mol. The average Bonchev–Trinajstić information content (AvgIpc) is 2.67. The summed E-state index contributed by atoms with van der Waals surface area (Å²) >= 11 is 0. The fourth-order valence-electron chi connectivity index (χ4n) is 2.07. The number of nitrogens with zero attached hydrogens (tertiary/aromatic N) is 3. The number of hydrogen-bond donors (Lipinski definition) is 3. The van der Waals surface area contributed by atoms with Crippen LogP contribution in [0.2, 0.25) is 0 Å². The van der Waals surface area contributed by atoms with E-state index in [2.05, 4.69) is 20.7 Å². The molecule has 12 heteroatoms. The molecule has 0 aliphatic carbocycles. The van der Waals surface area contributed by atoms with Crippen molar-refractivity contribution in [2.24, 2.45) is 10.7 Å². The van der Waals surface area contributed by atoms with Crippen LogP contribution in [0, 0.1) is 6.92 Å². The number of guanidine groups is 1. The Morgan fingerprint density at radius 3 is 2.42 bits per heavy atom. The van der Waals surface area contributed by atoms with Crippen molar-refractivity contribution < 1.29 is 26.3 Å². The van der Waals surface area contributed by atoms with Gasteiger partial charge in [-0.15, -0.1) is 0 Å². The molecule has 0 radical (unpaired) electrons. The van der Waals surface area contributed by atoms with E-state index in [1.165, 1.54) is 6.92 Å². The number of hydrogen-bond acceptors (Lipinski definition) is 5. The van der Waals surface area contributed by atoms with Gasteiger partial charge in [-0.1, -0.05) is 0 Å². The van der Waals surface area contributed by atoms with E-state index in [4.69, 9.17) is 5.73 Å². The summed E-state index contributed by atoms with van der Waals surface area (Å²) in [4.78, 5) is 3.71. The number of nitrogens with one attached hydrogen (secondary N) is 2. The monoisotopic (exact) mass is 356 g/mol. The van der Waals surface area contributed by atoms with Gasteiger partial charge in [0, 0.05) is 6.20 Å². The molecule has 0 bridgehead atoms. The summed E-state index contributed by atoms with van der Waals surface area (Å²) in [5.74, 6) is -0.136. The Hall–Kier alpha value is -2.24. The predicted molar refractivity (Wildman–Crippen MR) is 73.9 cm³/mol. The maximum atomic E-state index is 12.8. The molecule has 2 heterocycles. The smallest absolute Gasteiger partial charge is 0.332 e. The van der Waals surface area contributed by atoms with Crippen LogP contribution < -0.4 is 16.4 Å². The van der Waals surface area contributed by atoms with E-state index in [0.717, 1.165) is 13.1 Å². The Kier molecular flexibility index (Phi) is 4.29. The van der Waals surface area contributed by atoms with Gasteiger partial charge in [0.2, 0.25) is 5.96 Å². The molecule has 0 saturated carbocycles. The second-order valence-electron chi connectivity index (χ2n) is 5.35. The molecule has 1 atom stereocenters. The predicted octanol–water partition coefficient (Wildman–Crippen LogP) is 2.25. The topological polar surface area (TPSA) is 80.3 Å². The number of nitrogens with two attached hydrogens (primary N) is 1. The highest BCUT2D eigenvalue weighted by Gasteiger charge is 2.45. The zero-order valence-corrected chi connectivity index (χ0v) is 12.5. The highest BCUT2D eigenvalue weighted by molar-refractivity contribution is 5.95. The van der Waals surface area contributed by atoms with Crippen LogP contribution >= 0.6 is 0 Å². The van der Waals surface area contributed by atoms with Gasteiger partial charge in [0.1, 0.15) is 12.2 Å². The van der Waals surface area contributed by atoms with Crippen molar-refractivity contribution in [1.29, 1.82) is 0 Å². The van der Waals surface area contributed by atoms with Crippen molar-refractivity contribution in [2.75, 3.05) is 5.32 Å². The molecule has 0 fully saturated rings. The fourth-order valence-corrected chi connectivity index (χ4v) is 2.07. The Bertz CT molecular complexity index is 681. The van der Waals surface area contributed by atoms with E-state index in [9.17, 15) is 26.3 Å². The van der Waals surface area contributed by atoms with Crippen LogP contribution in [0.1, 0.15) is 12.6 Å². The minimum atomic E-state index is -4.67. The summed E-state index contributed by atoms with van der Waals surface area (Å²) in [7, 11) is 0. The van der Waals surface area contributed by atoms with Crippen molar-refractivity contribution in [2.45, 2.75) is 38.4 Å². The Morgan fingerprint density at radius 1 is 1.29 bits per heavy atom. The van der Waals surface area contributed by atoms with Gasteiger partial charge in [0.15, 0.2) is 0 Å². The summed E-state index contributed by atoms with van der Waals surface area (Å²) in [6, 6.07) is 0. The minimum absolute atomic E-state index is 0.136. The zero-order chi connectivity index (χ0) is 18.3. The summed E-state index contributed by atoms with van der Waals surface area (Å²) in [5.41, 5.74) is 2.73. The second-order valence-corrected chi connectivity index (χ2v) is 5.35. The first kappa shape index (κ1) is 18.1. The molecular formula is C12H14F6N6. The van der Waals surface area contributed by atoms with Gasteiger partial charge in [-0.2, -0.15) is 31.4 Å². The molecule has 0 aromatic carbocycles. The van der Waals surface area contributed by atoms with Crippen LogP contribution in [0.4, 0.5) is 32.0 Å². The third kappa shape index (κ3) is 3.99. The molecule has 24 heavy (non-hydrogen) atoms. The maximum absolute atomic E-state index is 12.8. The lowest BCUT2D eigenvalue weighted by atomic mass is 10.0. The van der Waals surface area contributed by atoms with Gasteiger partial charge in [-0.25, -0.2) is 4.99 Å². The quantitative estimate of drug-likeness (QED) is 0.710. The molecule has 1 aliphatic rings. The van der Waals surface area contributed by atoms with Crippen molar-refractivity contribution in [3.8, 4) is 0 Å². The molecule has 1 aromatic rings. The average molecular weight is 356 g/mol. The molecule has 1 unspecified atom stereocenters. The lowest BCUT2D eigenvalue weighted by Crippen LogP contribution is -2.49. The molecule has 0 saturated heterocycles. The zero-order valence-electron chi connectivity index (χ0n) is 12.5. The number of halogens is 6. The minimum Gasteiger partial charge on any atom is -0.332 e. The second kappa shape index (κ2) is 5.69. The third-order valence-corrected chi connectivity index (χ3v) is 3.23. The summed E-state index contributed by atoms with van der Waals surface area (Å²) in [6.07, 6.45) is -7.35. The number of aromatic nitrogens is 2. The fraction of sp³-hybridized carbons (Fsp3) is 0.500. The molecule has 1 aromatic heterocycles. The van der Waals surface area contributed by atoms with Crippen LogP contribution in [0.3, 0.4) is 0 Å². The first-order chi connectivity index (χ1) is 10.8. The highest BCUT2D eigenvalue weighted by Crippen LogP contribution is 2.34. The maximum Gasteiger partial charge on any atom is 0.417 e. The molecule has 0 amide bonds. The van der Waals surface area contributed by atoms with Crippen LogP contribution in [0.15, 0.2) is 23.0 Å². The lowest BCUT2D eigenvalue weighted by Gasteiger charge is -2.30. The van der Waals surface area contributed by atoms with E-state index in [-0.39, 0.29) is 17.3 Å². The molecule has 6 nitrogen and oxygen atoms in total. The van der Waals surface area contributed by atoms with E-state index >= 15 is 0 Å². The number of alkyl halides is 6. The van der Waals surface area contributed by atoms with Crippen LogP contribution in [-0.4, -0.2) is 33.8 Å². The molecule has 2 rings (SSSR count). The van der Waals surface area contributed by atoms with Gasteiger partial charge < -0.3 is 16.4 Å². The van der Waals surface area contributed by atoms with Gasteiger partial charge in [-0.05, 0) is 13.8 Å². The Labute approximate surface area is 132 Å². The van der Waals surface area contributed by atoms with E-state index in [1.54, 1.807) is 0 Å². The highest BCUT2D eigenvalue weighted by atomic mass is 19.4. The normalized spacial score (nSPS) is 21.9. The van der Waals surface area contributed by atoms with Crippen LogP contribution in [0.25, 0.3) is 0 Å². The van der Waals surface area contributed by atoms with Crippen LogP contribution in [-0.2, 0) is 6.54 Å². The van der Waals surface area contributed by atoms with Gasteiger partial charge >= 0.3 is 12.4 Å². The molecule has 4 N–H and O–H groups in total. The van der Waals surface area contributed by atoms with Crippen molar-refractivity contribution in [3.63, 3.8) is 0 Å². The van der Waals surface area contributed by atoms with E-state index < -0.39 is 30.1 Å². The van der Waals surface area contributed by atoms with Crippen molar-refractivity contribution >= 4 is 11.6 Å². The first-order valence-electron chi connectivity index (χ1n) is 6.59. The van der Waals surface area contributed by atoms with Crippen LogP contribution in [0.5, 0.6) is 0 Å².